The van der Waals surface area contributed by atoms with E-state index in [9.17, 15) is 14.4 Å². The van der Waals surface area contributed by atoms with Crippen LogP contribution in [0.4, 0.5) is 0 Å². The molecule has 0 radical (unpaired) electrons. The van der Waals surface area contributed by atoms with Gasteiger partial charge in [0.2, 0.25) is 0 Å². The van der Waals surface area contributed by atoms with Crippen molar-refractivity contribution in [3.8, 4) is 0 Å². The van der Waals surface area contributed by atoms with Crippen LogP contribution in [0.1, 0.15) is 290 Å². The maximum atomic E-state index is 12.9. The SMILES string of the molecule is CC/C=C\C/C=C\C/C=C\C/C=C\C/C=C\C/C=C\C/C=C\C/C=C\CCCCCCCCCCCCC(=O)OCC(COC(=O)CCCCCCCCCCCCC)OC(=O)CCCCCCC/C=C\C/C=C\C/C=C\CC. The van der Waals surface area contributed by atoms with E-state index in [-0.39, 0.29) is 31.1 Å². The molecule has 0 saturated heterocycles. The minimum Gasteiger partial charge on any atom is -0.462 e. The van der Waals surface area contributed by atoms with Crippen LogP contribution in [0.3, 0.4) is 0 Å². The second-order valence-corrected chi connectivity index (χ2v) is 21.3. The quantitative estimate of drug-likeness (QED) is 0.0261. The first-order valence-corrected chi connectivity index (χ1v) is 32.7. The highest BCUT2D eigenvalue weighted by Crippen LogP contribution is 2.16. The number of carbonyl (C=O) groups excluding carboxylic acids is 3. The smallest absolute Gasteiger partial charge is 0.306 e. The van der Waals surface area contributed by atoms with Gasteiger partial charge in [0.15, 0.2) is 6.10 Å². The number of ether oxygens (including phenoxy) is 3. The molecule has 0 aliphatic carbocycles. The Morgan fingerprint density at radius 2 is 0.494 bits per heavy atom. The van der Waals surface area contributed by atoms with E-state index in [0.29, 0.717) is 19.3 Å². The van der Waals surface area contributed by atoms with Crippen molar-refractivity contribution in [1.29, 1.82) is 0 Å². The van der Waals surface area contributed by atoms with Crippen LogP contribution >= 0.6 is 0 Å². The molecule has 0 spiro atoms. The molecule has 0 aromatic heterocycles. The zero-order valence-electron chi connectivity index (χ0n) is 51.3. The molecule has 1 atom stereocenters. The van der Waals surface area contributed by atoms with Crippen LogP contribution in [0.15, 0.2) is 134 Å². The molecule has 0 aromatic carbocycles. The number of carbonyl (C=O) groups is 3. The lowest BCUT2D eigenvalue weighted by Gasteiger charge is -2.18. The topological polar surface area (TPSA) is 78.9 Å². The lowest BCUT2D eigenvalue weighted by Crippen LogP contribution is -2.30. The highest BCUT2D eigenvalue weighted by Gasteiger charge is 2.19. The third kappa shape index (κ3) is 64.3. The molecule has 0 heterocycles. The first kappa shape index (κ1) is 74.5. The lowest BCUT2D eigenvalue weighted by atomic mass is 10.1. The second-order valence-electron chi connectivity index (χ2n) is 21.3. The Labute approximate surface area is 487 Å². The van der Waals surface area contributed by atoms with Crippen molar-refractivity contribution in [3.05, 3.63) is 134 Å². The second kappa shape index (κ2) is 66.1. The molecule has 0 fully saturated rings. The number of rotatable bonds is 58. The fourth-order valence-corrected chi connectivity index (χ4v) is 8.83. The first-order valence-electron chi connectivity index (χ1n) is 32.7. The minimum atomic E-state index is -0.790. The molecule has 1 unspecified atom stereocenters. The Bertz CT molecular complexity index is 1680. The monoisotopic (exact) mass is 1090 g/mol. The predicted molar refractivity (Wildman–Crippen MR) is 343 cm³/mol. The van der Waals surface area contributed by atoms with Crippen LogP contribution in [-0.4, -0.2) is 37.2 Å². The van der Waals surface area contributed by atoms with Crippen molar-refractivity contribution in [2.45, 2.75) is 297 Å². The number of hydrogen-bond acceptors (Lipinski definition) is 6. The maximum Gasteiger partial charge on any atom is 0.306 e. The Morgan fingerprint density at radius 3 is 0.772 bits per heavy atom. The van der Waals surface area contributed by atoms with Crippen LogP contribution in [0.2, 0.25) is 0 Å². The van der Waals surface area contributed by atoms with Gasteiger partial charge < -0.3 is 14.2 Å². The van der Waals surface area contributed by atoms with E-state index in [1.165, 1.54) is 96.3 Å². The van der Waals surface area contributed by atoms with Gasteiger partial charge in [-0.05, 0) is 116 Å². The van der Waals surface area contributed by atoms with Gasteiger partial charge in [-0.2, -0.15) is 0 Å². The fraction of sp³-hybridized carbons (Fsp3) is 0.658. The Balaban J connectivity index is 4.20. The average molecular weight is 1090 g/mol. The number of unbranched alkanes of at least 4 members (excludes halogenated alkanes) is 25. The predicted octanol–water partition coefficient (Wildman–Crippen LogP) is 22.5. The van der Waals surface area contributed by atoms with E-state index < -0.39 is 6.10 Å². The molecule has 0 bridgehead atoms. The van der Waals surface area contributed by atoms with Crippen molar-refractivity contribution in [2.75, 3.05) is 13.2 Å². The molecule has 6 heteroatoms. The summed E-state index contributed by atoms with van der Waals surface area (Å²) in [6, 6.07) is 0. The van der Waals surface area contributed by atoms with E-state index in [1.807, 2.05) is 0 Å². The summed E-state index contributed by atoms with van der Waals surface area (Å²) in [5, 5.41) is 0. The van der Waals surface area contributed by atoms with Gasteiger partial charge in [0.05, 0.1) is 0 Å². The van der Waals surface area contributed by atoms with E-state index in [2.05, 4.69) is 154 Å². The number of allylic oxidation sites excluding steroid dienone is 22. The van der Waals surface area contributed by atoms with E-state index >= 15 is 0 Å². The molecule has 0 saturated carbocycles. The van der Waals surface area contributed by atoms with E-state index in [1.54, 1.807) is 0 Å². The summed E-state index contributed by atoms with van der Waals surface area (Å²) < 4.78 is 16.9. The van der Waals surface area contributed by atoms with Crippen molar-refractivity contribution in [2.24, 2.45) is 0 Å². The normalized spacial score (nSPS) is 13.0. The van der Waals surface area contributed by atoms with Crippen LogP contribution in [0.25, 0.3) is 0 Å². The fourth-order valence-electron chi connectivity index (χ4n) is 8.83. The summed E-state index contributed by atoms with van der Waals surface area (Å²) in [5.41, 5.74) is 0. The summed E-state index contributed by atoms with van der Waals surface area (Å²) in [6.07, 6.45) is 93.3. The summed E-state index contributed by atoms with van der Waals surface area (Å²) in [6.45, 7) is 6.40. The molecule has 0 aliphatic heterocycles. The van der Waals surface area contributed by atoms with Gasteiger partial charge in [-0.15, -0.1) is 0 Å². The molecular weight excluding hydrogens is 973 g/mol. The Morgan fingerprint density at radius 1 is 0.266 bits per heavy atom. The summed E-state index contributed by atoms with van der Waals surface area (Å²) >= 11 is 0. The minimum absolute atomic E-state index is 0.0860. The van der Waals surface area contributed by atoms with Crippen LogP contribution in [-0.2, 0) is 28.6 Å². The number of hydrogen-bond donors (Lipinski definition) is 0. The molecule has 0 amide bonds. The molecule has 0 rings (SSSR count). The van der Waals surface area contributed by atoms with Gasteiger partial charge >= 0.3 is 17.9 Å². The molecule has 0 aliphatic rings. The van der Waals surface area contributed by atoms with E-state index in [4.69, 9.17) is 14.2 Å². The summed E-state index contributed by atoms with van der Waals surface area (Å²) in [7, 11) is 0. The van der Waals surface area contributed by atoms with Crippen molar-refractivity contribution < 1.29 is 28.6 Å². The molecule has 0 aromatic rings. The summed E-state index contributed by atoms with van der Waals surface area (Å²) in [4.78, 5) is 38.2. The third-order valence-electron chi connectivity index (χ3n) is 13.7. The van der Waals surface area contributed by atoms with Crippen molar-refractivity contribution >= 4 is 17.9 Å². The van der Waals surface area contributed by atoms with Crippen molar-refractivity contribution in [3.63, 3.8) is 0 Å². The Kier molecular flexibility index (Phi) is 62.3. The molecule has 448 valence electrons. The molecule has 0 N–H and O–H groups in total. The van der Waals surface area contributed by atoms with Gasteiger partial charge in [0, 0.05) is 19.3 Å². The average Bonchev–Trinajstić information content (AvgIpc) is 3.45. The van der Waals surface area contributed by atoms with Crippen LogP contribution in [0.5, 0.6) is 0 Å². The van der Waals surface area contributed by atoms with Gasteiger partial charge in [0.25, 0.3) is 0 Å². The third-order valence-corrected chi connectivity index (χ3v) is 13.7. The highest BCUT2D eigenvalue weighted by molar-refractivity contribution is 5.71. The van der Waals surface area contributed by atoms with E-state index in [0.717, 1.165) is 154 Å². The molecule has 79 heavy (non-hydrogen) atoms. The largest absolute Gasteiger partial charge is 0.462 e. The lowest BCUT2D eigenvalue weighted by molar-refractivity contribution is -0.167. The molecular formula is C73H120O6. The van der Waals surface area contributed by atoms with Gasteiger partial charge in [-0.3, -0.25) is 14.4 Å². The standard InChI is InChI=1S/C73H120O6/c1-4-7-10-13-16-19-22-24-26-27-28-29-30-31-32-33-34-35-36-37-38-39-40-41-42-43-44-45-47-48-51-54-57-60-63-66-72(75)78-69-70(68-77-71(74)65-62-59-56-53-50-21-18-15-12-9-6-3)79-73(76)67-64-61-58-55-52-49-46-25-23-20-17-14-11-8-5-2/h7-8,10-11,16-17,19-20,24-26,28-29,31-32,34-35,37-38,40-41,46,70H,4-6,9,12-15,18,21-23,27,30,33,36,39,42-45,47-69H2,1-3H3/b10-7-,11-8-,19-16-,20-17-,26-24-,29-28-,32-31-,35-34-,38-37-,41-40-,46-25-. The maximum absolute atomic E-state index is 12.9. The zero-order valence-corrected chi connectivity index (χ0v) is 51.3. The first-order chi connectivity index (χ1) is 39.0. The summed E-state index contributed by atoms with van der Waals surface area (Å²) in [5.74, 6) is -0.905. The highest BCUT2D eigenvalue weighted by atomic mass is 16.6. The molecule has 6 nitrogen and oxygen atoms in total. The Hall–Kier alpha value is -4.45. The van der Waals surface area contributed by atoms with Crippen LogP contribution in [0, 0.1) is 0 Å². The number of esters is 3. The van der Waals surface area contributed by atoms with Gasteiger partial charge in [0.1, 0.15) is 13.2 Å². The van der Waals surface area contributed by atoms with Crippen LogP contribution < -0.4 is 0 Å². The van der Waals surface area contributed by atoms with Crippen molar-refractivity contribution in [1.82, 2.24) is 0 Å². The zero-order chi connectivity index (χ0) is 57.1. The van der Waals surface area contributed by atoms with Gasteiger partial charge in [-0.25, -0.2) is 0 Å². The van der Waals surface area contributed by atoms with Gasteiger partial charge in [-0.1, -0.05) is 289 Å².